The highest BCUT2D eigenvalue weighted by Gasteiger charge is 2.15. The summed E-state index contributed by atoms with van der Waals surface area (Å²) in [6.07, 6.45) is 4.72. The molecule has 4 N–H and O–H groups in total. The fraction of sp³-hybridized carbons (Fsp3) is 0.179. The lowest BCUT2D eigenvalue weighted by molar-refractivity contribution is 0.240. The number of aromatic nitrogens is 1. The van der Waals surface area contributed by atoms with Crippen molar-refractivity contribution >= 4 is 34.3 Å². The Morgan fingerprint density at radius 1 is 0.842 bits per heavy atom. The van der Waals surface area contributed by atoms with E-state index in [1.807, 2.05) is 18.2 Å². The third-order valence-corrected chi connectivity index (χ3v) is 6.24. The highest BCUT2D eigenvalue weighted by molar-refractivity contribution is 6.05. The Morgan fingerprint density at radius 3 is 2.39 bits per heavy atom. The van der Waals surface area contributed by atoms with Crippen molar-refractivity contribution in [3.63, 3.8) is 0 Å². The lowest BCUT2D eigenvalue weighted by Crippen LogP contribution is -2.37. The standard InChI is InChI=1S/C28H26N4O6/c1-36-25-14-20-22(15-26(25)37-2)29-11-10-24(20)38-19-8-9-21(23(33)13-19)31-28(35)32-27(34)30-18-7-6-16-4-3-5-17(16)12-18/h6-15,33H,3-5H2,1-2H3,(H3,30,31,32,34,35). The molecular weight excluding hydrogens is 488 g/mol. The molecule has 0 saturated carbocycles. The molecule has 1 aliphatic carbocycles. The van der Waals surface area contributed by atoms with Crippen LogP contribution in [0.3, 0.4) is 0 Å². The van der Waals surface area contributed by atoms with E-state index in [9.17, 15) is 14.7 Å². The minimum atomic E-state index is -0.797. The van der Waals surface area contributed by atoms with E-state index in [2.05, 4.69) is 20.9 Å². The van der Waals surface area contributed by atoms with Gasteiger partial charge in [0.1, 0.15) is 17.2 Å². The van der Waals surface area contributed by atoms with E-state index in [0.29, 0.717) is 39.6 Å². The molecule has 1 aliphatic rings. The Bertz CT molecular complexity index is 1540. The van der Waals surface area contributed by atoms with Gasteiger partial charge >= 0.3 is 12.1 Å². The Labute approximate surface area is 218 Å². The number of hydrogen-bond acceptors (Lipinski definition) is 7. The summed E-state index contributed by atoms with van der Waals surface area (Å²) in [6.45, 7) is 0. The maximum absolute atomic E-state index is 12.3. The van der Waals surface area contributed by atoms with E-state index < -0.39 is 12.1 Å². The molecular formula is C28H26N4O6. The van der Waals surface area contributed by atoms with E-state index >= 15 is 0 Å². The number of pyridine rings is 1. The van der Waals surface area contributed by atoms with Crippen LogP contribution in [0.15, 0.2) is 60.8 Å². The fourth-order valence-corrected chi connectivity index (χ4v) is 4.41. The molecule has 0 radical (unpaired) electrons. The van der Waals surface area contributed by atoms with E-state index in [0.717, 1.165) is 19.3 Å². The van der Waals surface area contributed by atoms with E-state index in [1.54, 1.807) is 37.6 Å². The molecule has 0 bridgehead atoms. The molecule has 5 rings (SSSR count). The predicted octanol–water partition coefficient (Wildman–Crippen LogP) is 5.59. The number of aryl methyl sites for hydroxylation is 2. The van der Waals surface area contributed by atoms with Crippen molar-refractivity contribution in [3.8, 4) is 28.7 Å². The zero-order valence-corrected chi connectivity index (χ0v) is 20.8. The van der Waals surface area contributed by atoms with E-state index in [1.165, 1.54) is 30.4 Å². The molecule has 4 aromatic rings. The van der Waals surface area contributed by atoms with Gasteiger partial charge in [-0.25, -0.2) is 9.59 Å². The second kappa shape index (κ2) is 10.6. The van der Waals surface area contributed by atoms with Crippen LogP contribution in [0.25, 0.3) is 10.9 Å². The molecule has 1 heterocycles. The van der Waals surface area contributed by atoms with Crippen LogP contribution >= 0.6 is 0 Å². The van der Waals surface area contributed by atoms with E-state index in [-0.39, 0.29) is 11.4 Å². The van der Waals surface area contributed by atoms with Crippen LogP contribution in [0.1, 0.15) is 17.5 Å². The SMILES string of the molecule is COc1cc2nccc(Oc3ccc(NC(=O)NC(=O)Nc4ccc5c(c4)CCC5)c(O)c3)c2cc1OC. The van der Waals surface area contributed by atoms with Crippen molar-refractivity contribution in [1.82, 2.24) is 10.3 Å². The molecule has 0 atom stereocenters. The maximum Gasteiger partial charge on any atom is 0.327 e. The minimum absolute atomic E-state index is 0.103. The van der Waals surface area contributed by atoms with Gasteiger partial charge in [-0.15, -0.1) is 0 Å². The molecule has 0 fully saturated rings. The highest BCUT2D eigenvalue weighted by Crippen LogP contribution is 2.38. The number of rotatable bonds is 6. The quantitative estimate of drug-likeness (QED) is 0.247. The average Bonchev–Trinajstić information content (AvgIpc) is 3.37. The van der Waals surface area contributed by atoms with Gasteiger partial charge < -0.3 is 30.0 Å². The number of imide groups is 1. The largest absolute Gasteiger partial charge is 0.506 e. The van der Waals surface area contributed by atoms with Gasteiger partial charge in [0.25, 0.3) is 0 Å². The number of phenolic OH excluding ortho intramolecular Hbond substituents is 1. The molecule has 0 spiro atoms. The monoisotopic (exact) mass is 514 g/mol. The van der Waals surface area contributed by atoms with Crippen molar-refractivity contribution in [2.75, 3.05) is 24.9 Å². The predicted molar refractivity (Wildman–Crippen MR) is 143 cm³/mol. The van der Waals surface area contributed by atoms with Crippen LogP contribution in [0.2, 0.25) is 0 Å². The van der Waals surface area contributed by atoms with Crippen LogP contribution in [-0.4, -0.2) is 36.4 Å². The smallest absolute Gasteiger partial charge is 0.327 e. The number of amides is 4. The lowest BCUT2D eigenvalue weighted by atomic mass is 10.1. The number of aromatic hydroxyl groups is 1. The molecule has 10 nitrogen and oxygen atoms in total. The third kappa shape index (κ3) is 5.24. The number of carbonyl (C=O) groups excluding carboxylic acids is 2. The first-order valence-corrected chi connectivity index (χ1v) is 12.0. The molecule has 10 heteroatoms. The lowest BCUT2D eigenvalue weighted by Gasteiger charge is -2.13. The van der Waals surface area contributed by atoms with Gasteiger partial charge in [0.2, 0.25) is 0 Å². The molecule has 38 heavy (non-hydrogen) atoms. The van der Waals surface area contributed by atoms with E-state index in [4.69, 9.17) is 14.2 Å². The summed E-state index contributed by atoms with van der Waals surface area (Å²) in [5.41, 5.74) is 3.84. The van der Waals surface area contributed by atoms with Crippen LogP contribution in [0.5, 0.6) is 28.7 Å². The summed E-state index contributed by atoms with van der Waals surface area (Å²) in [7, 11) is 3.08. The summed E-state index contributed by atoms with van der Waals surface area (Å²) in [4.78, 5) is 28.9. The zero-order valence-electron chi connectivity index (χ0n) is 20.8. The Kier molecular flexibility index (Phi) is 6.86. The molecule has 0 unspecified atom stereocenters. The second-order valence-electron chi connectivity index (χ2n) is 8.68. The van der Waals surface area contributed by atoms with Gasteiger partial charge in [-0.3, -0.25) is 10.3 Å². The number of phenols is 1. The molecule has 1 aromatic heterocycles. The first-order chi connectivity index (χ1) is 18.4. The number of carbonyl (C=O) groups is 2. The number of anilines is 2. The summed E-state index contributed by atoms with van der Waals surface area (Å²) >= 11 is 0. The van der Waals surface area contributed by atoms with Crippen LogP contribution in [0.4, 0.5) is 21.0 Å². The Morgan fingerprint density at radius 2 is 1.61 bits per heavy atom. The topological polar surface area (TPSA) is 131 Å². The summed E-state index contributed by atoms with van der Waals surface area (Å²) in [6, 6.07) is 13.8. The normalized spacial score (nSPS) is 11.9. The molecule has 194 valence electrons. The molecule has 0 saturated heterocycles. The Balaban J connectivity index is 1.24. The van der Waals surface area contributed by atoms with Gasteiger partial charge in [-0.1, -0.05) is 6.07 Å². The summed E-state index contributed by atoms with van der Waals surface area (Å²) in [5.74, 6) is 1.62. The number of urea groups is 2. The van der Waals surface area contributed by atoms with Crippen molar-refractivity contribution in [2.24, 2.45) is 0 Å². The van der Waals surface area contributed by atoms with Crippen LogP contribution < -0.4 is 30.2 Å². The van der Waals surface area contributed by atoms with Crippen LogP contribution in [0, 0.1) is 0 Å². The van der Waals surface area contributed by atoms with Crippen molar-refractivity contribution in [2.45, 2.75) is 19.3 Å². The number of nitrogens with one attached hydrogen (secondary N) is 3. The number of fused-ring (bicyclic) bond motifs is 2. The zero-order chi connectivity index (χ0) is 26.6. The van der Waals surface area contributed by atoms with Gasteiger partial charge in [0.15, 0.2) is 11.5 Å². The van der Waals surface area contributed by atoms with Gasteiger partial charge in [0.05, 0.1) is 25.4 Å². The maximum atomic E-state index is 12.3. The van der Waals surface area contributed by atoms with Crippen molar-refractivity contribution in [3.05, 3.63) is 71.9 Å². The van der Waals surface area contributed by atoms with Gasteiger partial charge in [0, 0.05) is 29.4 Å². The number of nitrogens with zero attached hydrogens (tertiary/aromatic N) is 1. The number of benzene rings is 3. The molecule has 0 aliphatic heterocycles. The summed E-state index contributed by atoms with van der Waals surface area (Å²) < 4.78 is 16.7. The minimum Gasteiger partial charge on any atom is -0.506 e. The Hall–Kier alpha value is -4.99. The molecule has 3 aromatic carbocycles. The van der Waals surface area contributed by atoms with Crippen molar-refractivity contribution < 1.29 is 28.9 Å². The first-order valence-electron chi connectivity index (χ1n) is 12.0. The van der Waals surface area contributed by atoms with Gasteiger partial charge in [-0.2, -0.15) is 0 Å². The number of ether oxygens (including phenoxy) is 3. The fourth-order valence-electron chi connectivity index (χ4n) is 4.41. The second-order valence-corrected chi connectivity index (χ2v) is 8.68. The van der Waals surface area contributed by atoms with Gasteiger partial charge in [-0.05, 0) is 66.8 Å². The van der Waals surface area contributed by atoms with Crippen LogP contribution in [-0.2, 0) is 12.8 Å². The first kappa shape index (κ1) is 24.7. The average molecular weight is 515 g/mol. The van der Waals surface area contributed by atoms with Crippen molar-refractivity contribution in [1.29, 1.82) is 0 Å². The summed E-state index contributed by atoms with van der Waals surface area (Å²) in [5, 5.41) is 18.5. The highest BCUT2D eigenvalue weighted by atomic mass is 16.5. The third-order valence-electron chi connectivity index (χ3n) is 6.24. The molecule has 4 amide bonds. The number of methoxy groups -OCH3 is 2. The number of hydrogen-bond donors (Lipinski definition) is 4.